The highest BCUT2D eigenvalue weighted by molar-refractivity contribution is 8.00. The Morgan fingerprint density at radius 2 is 1.23 bits per heavy atom. The van der Waals surface area contributed by atoms with Crippen LogP contribution in [0.15, 0.2) is 91.6 Å². The third kappa shape index (κ3) is 27.9. The molecule has 45 heteroatoms. The first-order valence-corrected chi connectivity index (χ1v) is 47.1. The number of nitrogens with one attached hydrogen (secondary N) is 12. The molecule has 3 aromatic carbocycles. The Balaban J connectivity index is 1.03. The van der Waals surface area contributed by atoms with Crippen molar-refractivity contribution in [3.8, 4) is 5.75 Å². The molecule has 0 unspecified atom stereocenters. The van der Waals surface area contributed by atoms with Gasteiger partial charge in [-0.05, 0) is 86.3 Å². The first-order chi connectivity index (χ1) is 65.3. The number of benzene rings is 3. The molecule has 17 amide bonds. The van der Waals surface area contributed by atoms with Gasteiger partial charge in [0.05, 0.1) is 62.3 Å². The molecule has 3 saturated heterocycles. The summed E-state index contributed by atoms with van der Waals surface area (Å²) in [6.07, 6.45) is 2.32. The van der Waals surface area contributed by atoms with E-state index in [4.69, 9.17) is 21.9 Å². The Labute approximate surface area is 794 Å². The molecule has 0 saturated carbocycles. The van der Waals surface area contributed by atoms with E-state index in [0.717, 1.165) is 31.4 Å². The highest BCUT2D eigenvalue weighted by Crippen LogP contribution is 2.35. The van der Waals surface area contributed by atoms with Crippen molar-refractivity contribution < 1.29 is 106 Å². The number of likely N-dealkylation sites (N-methyl/N-ethyl adjacent to an activating group) is 2. The second-order valence-electron chi connectivity index (χ2n) is 35.5. The van der Waals surface area contributed by atoms with Gasteiger partial charge in [-0.2, -0.15) is 0 Å². The SMILES string of the molecule is CCCC[C@H]1C(=O)N(C)[C@@H](CCCC)C(=O)N[C@@H](CC(C)C)C(=O)N[C@H](CNCC(N)=O)CSCC(=O)N[C@H]2Cc3ccc(OC)cc3N(C2=O)[C@@H](C)C(=O)N[C@@H](CC(N)=O)C(=O)N2CCC[C@H]2C(=O)N[C@@H](Cc2c[nH]cn2)C(=O)N[C@@H](CCC(N)=O)C(=O)N2C[C@H](O)C[C@H]2C(=O)N[C@@H](Cc2c[nH]c3ccccc23)C(=O)N[C@@H](CO)C(=O)N[C@@H](Cc2cn(CC(=O)O)c3ccccc23)C(=O)N1C. The molecule has 137 heavy (non-hydrogen) atoms. The van der Waals surface area contributed by atoms with Crippen LogP contribution < -0.4 is 80.0 Å². The van der Waals surface area contributed by atoms with Gasteiger partial charge in [0.2, 0.25) is 94.5 Å². The zero-order valence-electron chi connectivity index (χ0n) is 77.9. The largest absolute Gasteiger partial charge is 0.497 e. The minimum atomic E-state index is -1.98. The van der Waals surface area contributed by atoms with Crippen molar-refractivity contribution >= 4 is 146 Å². The molecule has 44 nitrogen and oxygen atoms in total. The van der Waals surface area contributed by atoms with Crippen molar-refractivity contribution in [3.63, 3.8) is 0 Å². The number of nitrogens with two attached hydrogens (primary N) is 3. The monoisotopic (exact) mass is 1920 g/mol. The topological polar surface area (TPSA) is 641 Å². The van der Waals surface area contributed by atoms with Gasteiger partial charge in [-0.15, -0.1) is 11.8 Å². The van der Waals surface area contributed by atoms with Gasteiger partial charge in [0, 0.05) is 124 Å². The highest BCUT2D eigenvalue weighted by atomic mass is 32.2. The van der Waals surface area contributed by atoms with Crippen LogP contribution in [0.4, 0.5) is 5.69 Å². The molecule has 10 rings (SSSR count). The molecule has 0 aliphatic carbocycles. The van der Waals surface area contributed by atoms with Crippen LogP contribution in [0.1, 0.15) is 140 Å². The Kier molecular flexibility index (Phi) is 37.9. The predicted octanol–water partition coefficient (Wildman–Crippen LogP) is -2.70. The number of H-pyrrole nitrogens is 2. The van der Waals surface area contributed by atoms with E-state index < -0.39 is 255 Å². The van der Waals surface area contributed by atoms with Crippen LogP contribution in [0.2, 0.25) is 0 Å². The van der Waals surface area contributed by atoms with Crippen LogP contribution in [0.25, 0.3) is 21.8 Å². The number of rotatable bonds is 27. The van der Waals surface area contributed by atoms with E-state index in [9.17, 15) is 53.7 Å². The van der Waals surface area contributed by atoms with Crippen molar-refractivity contribution in [2.45, 2.75) is 241 Å². The molecular formula is C92H126N22O22S. The van der Waals surface area contributed by atoms with Gasteiger partial charge in [-0.3, -0.25) is 91.2 Å². The molecule has 0 spiro atoms. The van der Waals surface area contributed by atoms with Gasteiger partial charge in [-0.1, -0.05) is 95.8 Å². The molecule has 7 heterocycles. The van der Waals surface area contributed by atoms with Crippen LogP contribution >= 0.6 is 11.8 Å². The molecule has 0 radical (unpaired) electrons. The van der Waals surface area contributed by atoms with Crippen molar-refractivity contribution in [2.24, 2.45) is 23.1 Å². The number of fused-ring (bicyclic) bond motifs is 8. The number of carboxylic acid groups (broad SMARTS) is 1. The van der Waals surface area contributed by atoms with E-state index in [1.54, 1.807) is 66.9 Å². The van der Waals surface area contributed by atoms with E-state index in [2.05, 4.69) is 68.1 Å². The van der Waals surface area contributed by atoms with Crippen molar-refractivity contribution in [3.05, 3.63) is 114 Å². The molecule has 3 fully saturated rings. The number of aliphatic hydroxyl groups is 2. The predicted molar refractivity (Wildman–Crippen MR) is 500 cm³/mol. The fraction of sp³-hybridized carbons (Fsp3) is 0.533. The summed E-state index contributed by atoms with van der Waals surface area (Å²) in [5.74, 6) is -17.5. The molecule has 742 valence electrons. The third-order valence-corrected chi connectivity index (χ3v) is 25.9. The molecule has 2 bridgehead atoms. The van der Waals surface area contributed by atoms with E-state index in [-0.39, 0.29) is 99.1 Å². The number of para-hydroxylation sites is 2. The molecule has 3 aromatic heterocycles. The summed E-state index contributed by atoms with van der Waals surface area (Å²) in [7, 11) is 4.07. The number of aromatic amines is 2. The highest BCUT2D eigenvalue weighted by Gasteiger charge is 2.48. The summed E-state index contributed by atoms with van der Waals surface area (Å²) in [4.78, 5) is 278. The number of unbranched alkanes of at least 4 members (excludes halogenated alkanes) is 2. The van der Waals surface area contributed by atoms with Gasteiger partial charge >= 0.3 is 5.97 Å². The van der Waals surface area contributed by atoms with Gasteiger partial charge in [-0.25, -0.2) is 4.98 Å². The number of hydrogen-bond donors (Lipinski definition) is 18. The Morgan fingerprint density at radius 1 is 0.620 bits per heavy atom. The number of methoxy groups -OCH3 is 1. The average Bonchev–Trinajstić information content (AvgIpc) is 1.46. The van der Waals surface area contributed by atoms with Crippen LogP contribution in [-0.4, -0.2) is 317 Å². The van der Waals surface area contributed by atoms with Crippen LogP contribution in [0, 0.1) is 5.92 Å². The molecule has 6 aromatic rings. The normalized spacial score (nSPS) is 24.8. The maximum absolute atomic E-state index is 15.9. The standard InChI is InChI=1S/C92H126N22O22S/c1-9-11-21-70-85(128)103-62(30-49(3)4)81(124)100-55(40-96-41-77(95)119)46-137-47-78(120)101-66-31-51-25-26-57(136-8)36-73(51)114(91(66)134)50(5)80(123)106-67(37-76(94)118)90(133)112-29-17-24-71(112)86(129)105-64(34-54-39-97-48-99-54)83(126)102-61(27-28-75(93)117)89(132)113-43-56(116)35-74(113)87(130)104-63(32-52-38-98-60-20-15-13-18-58(52)60)82(125)108-68(45-115)84(127)107-65(88(131)110(7)72(22-12-10-2)92(135)109(70)6)33-53-42-111(44-79(121)122)69-23-16-14-19-59(53)69/h13-16,18-20,23,25-26,36,38-39,42,48-50,55-56,61-68,70-72,74,96,98,115-116H,9-12,17,21-22,24,27-35,37,40-41,43-47H2,1-8H3,(H2,93,117)(H2,94,118)(H2,95,119)(H,97,99)(H,100,124)(H,101,120)(H,102,126)(H,103,128)(H,104,130)(H,105,129)(H,106,123)(H,107,127)(H,108,125)(H,121,122)/t50-,55+,56+,61-,62-,63-,64-,65-,66-,67-,68-,70-,71-,72-,74-/m0/s1. The lowest BCUT2D eigenvalue weighted by atomic mass is 9.95. The summed E-state index contributed by atoms with van der Waals surface area (Å²) in [6.45, 7) is 5.74. The Bertz CT molecular complexity index is 5400. The van der Waals surface area contributed by atoms with Gasteiger partial charge in [0.1, 0.15) is 90.8 Å². The number of aromatic nitrogens is 4. The van der Waals surface area contributed by atoms with E-state index >= 15 is 47.9 Å². The number of aliphatic carboxylic acids is 1. The number of ether oxygens (including phenoxy) is 1. The summed E-state index contributed by atoms with van der Waals surface area (Å²) < 4.78 is 6.95. The quantitative estimate of drug-likeness (QED) is 0.0249. The summed E-state index contributed by atoms with van der Waals surface area (Å²) in [5.41, 5.74) is 19.5. The number of imidazole rings is 1. The Hall–Kier alpha value is -13.6. The third-order valence-electron chi connectivity index (χ3n) is 24.8. The zero-order valence-corrected chi connectivity index (χ0v) is 78.8. The van der Waals surface area contributed by atoms with E-state index in [0.29, 0.717) is 64.2 Å². The Morgan fingerprint density at radius 3 is 1.89 bits per heavy atom. The zero-order chi connectivity index (χ0) is 99.8. The van der Waals surface area contributed by atoms with Gasteiger partial charge < -0.3 is 125 Å². The van der Waals surface area contributed by atoms with E-state index in [1.165, 1.54) is 62.4 Å². The lowest BCUT2D eigenvalue weighted by molar-refractivity contribution is -0.149. The maximum Gasteiger partial charge on any atom is 0.323 e. The number of carboxylic acids is 1. The van der Waals surface area contributed by atoms with Crippen LogP contribution in [-0.2, 0) is 119 Å². The molecule has 4 aliphatic heterocycles. The minimum absolute atomic E-state index is 0.0228. The van der Waals surface area contributed by atoms with Crippen LogP contribution in [0.3, 0.4) is 0 Å². The number of primary amides is 3. The first kappa shape index (κ1) is 106. The molecule has 15 atom stereocenters. The number of hydrogen-bond acceptors (Lipinski definition) is 24. The fourth-order valence-electron chi connectivity index (χ4n) is 17.7. The smallest absolute Gasteiger partial charge is 0.323 e. The number of aliphatic hydroxyl groups excluding tert-OH is 2. The van der Waals surface area contributed by atoms with Gasteiger partial charge in [0.15, 0.2) is 0 Å². The average molecular weight is 1920 g/mol. The number of carbonyl (C=O) groups is 18. The molecule has 4 aliphatic rings. The number of anilines is 1. The first-order valence-electron chi connectivity index (χ1n) is 45.9. The fourth-order valence-corrected chi connectivity index (χ4v) is 18.6. The van der Waals surface area contributed by atoms with E-state index in [1.807, 2.05) is 27.7 Å². The lowest BCUT2D eigenvalue weighted by Crippen LogP contribution is -2.62. The number of thioether (sulfide) groups is 1. The lowest BCUT2D eigenvalue weighted by Gasteiger charge is -2.38. The molecular weight excluding hydrogens is 1800 g/mol. The van der Waals surface area contributed by atoms with Crippen molar-refractivity contribution in [2.75, 3.05) is 70.4 Å². The number of amides is 17. The number of nitrogens with zero attached hydrogens (tertiary/aromatic N) is 7. The van der Waals surface area contributed by atoms with Crippen LogP contribution in [0.5, 0.6) is 5.75 Å². The second kappa shape index (κ2) is 49.3. The summed E-state index contributed by atoms with van der Waals surface area (Å²) >= 11 is 1.01. The number of carbonyl (C=O) groups excluding carboxylic acids is 17. The molecule has 21 N–H and O–H groups in total. The van der Waals surface area contributed by atoms with Crippen molar-refractivity contribution in [1.29, 1.82) is 0 Å². The summed E-state index contributed by atoms with van der Waals surface area (Å²) in [5, 5.41) is 61.1. The second-order valence-corrected chi connectivity index (χ2v) is 36.5. The summed E-state index contributed by atoms with van der Waals surface area (Å²) in [6, 6.07) is -3.43. The minimum Gasteiger partial charge on any atom is -0.497 e. The van der Waals surface area contributed by atoms with Crippen molar-refractivity contribution in [1.82, 2.24) is 92.3 Å². The van der Waals surface area contributed by atoms with Gasteiger partial charge in [0.25, 0.3) is 5.91 Å². The maximum atomic E-state index is 15.9.